The van der Waals surface area contributed by atoms with Crippen LogP contribution >= 0.6 is 0 Å². The molecule has 2 rings (SSSR count). The molecule has 0 aliphatic rings. The van der Waals surface area contributed by atoms with E-state index in [1.54, 1.807) is 0 Å². The topological polar surface area (TPSA) is 30.7 Å². The van der Waals surface area contributed by atoms with Crippen LogP contribution in [0.15, 0.2) is 30.6 Å². The average molecular weight is 215 g/mol. The number of pyridine rings is 1. The average Bonchev–Trinajstić information content (AvgIpc) is 2.65. The van der Waals surface area contributed by atoms with Crippen molar-refractivity contribution in [1.82, 2.24) is 14.8 Å². The summed E-state index contributed by atoms with van der Waals surface area (Å²) in [4.78, 5) is 4.31. The SMILES string of the molecule is Cc1ccnc(-n2ccc(C(C)(C)C)n2)c1. The highest BCUT2D eigenvalue weighted by Gasteiger charge is 2.17. The minimum atomic E-state index is 0.0784. The zero-order chi connectivity index (χ0) is 11.8. The van der Waals surface area contributed by atoms with E-state index in [0.717, 1.165) is 11.5 Å². The zero-order valence-corrected chi connectivity index (χ0v) is 10.2. The third-order valence-electron chi connectivity index (χ3n) is 2.49. The van der Waals surface area contributed by atoms with Crippen LogP contribution in [0.1, 0.15) is 32.0 Å². The molecule has 0 fully saturated rings. The Balaban J connectivity index is 2.39. The van der Waals surface area contributed by atoms with Gasteiger partial charge in [0.15, 0.2) is 5.82 Å². The molecule has 2 aromatic rings. The molecule has 0 amide bonds. The van der Waals surface area contributed by atoms with Crippen molar-refractivity contribution in [3.8, 4) is 5.82 Å². The van der Waals surface area contributed by atoms with Gasteiger partial charge in [-0.15, -0.1) is 0 Å². The Morgan fingerprint density at radius 2 is 1.94 bits per heavy atom. The molecule has 3 heteroatoms. The zero-order valence-electron chi connectivity index (χ0n) is 10.2. The van der Waals surface area contributed by atoms with Crippen LogP contribution in [0.3, 0.4) is 0 Å². The monoisotopic (exact) mass is 215 g/mol. The molecule has 0 bridgehead atoms. The van der Waals surface area contributed by atoms with E-state index in [0.29, 0.717) is 0 Å². The molecule has 16 heavy (non-hydrogen) atoms. The smallest absolute Gasteiger partial charge is 0.153 e. The van der Waals surface area contributed by atoms with Crippen LogP contribution < -0.4 is 0 Å². The van der Waals surface area contributed by atoms with E-state index in [4.69, 9.17) is 0 Å². The molecule has 3 nitrogen and oxygen atoms in total. The van der Waals surface area contributed by atoms with E-state index < -0.39 is 0 Å². The van der Waals surface area contributed by atoms with Crippen molar-refractivity contribution in [2.45, 2.75) is 33.1 Å². The molecule has 0 aliphatic heterocycles. The first-order valence-corrected chi connectivity index (χ1v) is 5.46. The lowest BCUT2D eigenvalue weighted by Gasteiger charge is -2.14. The highest BCUT2D eigenvalue weighted by Crippen LogP contribution is 2.20. The molecular formula is C13H17N3. The number of hydrogen-bond donors (Lipinski definition) is 0. The first-order valence-electron chi connectivity index (χ1n) is 5.46. The van der Waals surface area contributed by atoms with Gasteiger partial charge in [0.2, 0.25) is 0 Å². The number of aryl methyl sites for hydroxylation is 1. The fourth-order valence-electron chi connectivity index (χ4n) is 1.50. The van der Waals surface area contributed by atoms with Gasteiger partial charge in [-0.2, -0.15) is 5.10 Å². The molecule has 0 aliphatic carbocycles. The first-order chi connectivity index (χ1) is 7.47. The molecule has 2 heterocycles. The molecule has 0 radical (unpaired) electrons. The van der Waals surface area contributed by atoms with E-state index in [-0.39, 0.29) is 5.41 Å². The summed E-state index contributed by atoms with van der Waals surface area (Å²) in [5.74, 6) is 0.871. The minimum absolute atomic E-state index is 0.0784. The van der Waals surface area contributed by atoms with Crippen molar-refractivity contribution in [2.75, 3.05) is 0 Å². The summed E-state index contributed by atoms with van der Waals surface area (Å²) in [6.45, 7) is 8.52. The predicted octanol–water partition coefficient (Wildman–Crippen LogP) is 2.87. The second-order valence-electron chi connectivity index (χ2n) is 5.09. The van der Waals surface area contributed by atoms with Crippen molar-refractivity contribution >= 4 is 0 Å². The normalized spacial score (nSPS) is 11.8. The Labute approximate surface area is 96.1 Å². The molecule has 0 saturated carbocycles. The summed E-state index contributed by atoms with van der Waals surface area (Å²) in [6.07, 6.45) is 3.77. The Morgan fingerprint density at radius 1 is 1.19 bits per heavy atom. The molecule has 0 aromatic carbocycles. The maximum atomic E-state index is 4.55. The Hall–Kier alpha value is -1.64. The molecule has 0 N–H and O–H groups in total. The maximum Gasteiger partial charge on any atom is 0.153 e. The summed E-state index contributed by atoms with van der Waals surface area (Å²) in [5.41, 5.74) is 2.35. The Bertz CT molecular complexity index is 492. The van der Waals surface area contributed by atoms with Gasteiger partial charge < -0.3 is 0 Å². The third kappa shape index (κ3) is 2.13. The fourth-order valence-corrected chi connectivity index (χ4v) is 1.50. The van der Waals surface area contributed by atoms with Crippen LogP contribution in [0, 0.1) is 6.92 Å². The van der Waals surface area contributed by atoms with Gasteiger partial charge in [0, 0.05) is 17.8 Å². The van der Waals surface area contributed by atoms with E-state index in [9.17, 15) is 0 Å². The van der Waals surface area contributed by atoms with Crippen molar-refractivity contribution in [3.05, 3.63) is 41.9 Å². The number of rotatable bonds is 1. The fraction of sp³-hybridized carbons (Fsp3) is 0.385. The molecule has 84 valence electrons. The Kier molecular flexibility index (Phi) is 2.54. The van der Waals surface area contributed by atoms with Gasteiger partial charge >= 0.3 is 0 Å². The number of hydrogen-bond acceptors (Lipinski definition) is 2. The van der Waals surface area contributed by atoms with Gasteiger partial charge in [-0.25, -0.2) is 9.67 Å². The molecule has 0 saturated heterocycles. The Morgan fingerprint density at radius 3 is 2.50 bits per heavy atom. The summed E-state index contributed by atoms with van der Waals surface area (Å²) >= 11 is 0. The van der Waals surface area contributed by atoms with Crippen LogP contribution in [0.2, 0.25) is 0 Å². The minimum Gasteiger partial charge on any atom is -0.237 e. The van der Waals surface area contributed by atoms with Crippen LogP contribution in [-0.4, -0.2) is 14.8 Å². The molecular weight excluding hydrogens is 198 g/mol. The van der Waals surface area contributed by atoms with Crippen LogP contribution in [0.25, 0.3) is 5.82 Å². The van der Waals surface area contributed by atoms with E-state index in [1.807, 2.05) is 35.3 Å². The number of nitrogens with zero attached hydrogens (tertiary/aromatic N) is 3. The van der Waals surface area contributed by atoms with E-state index >= 15 is 0 Å². The van der Waals surface area contributed by atoms with Gasteiger partial charge in [0.25, 0.3) is 0 Å². The summed E-state index contributed by atoms with van der Waals surface area (Å²) in [7, 11) is 0. The van der Waals surface area contributed by atoms with Gasteiger partial charge in [-0.05, 0) is 30.7 Å². The summed E-state index contributed by atoms with van der Waals surface area (Å²) in [5, 5.41) is 4.55. The maximum absolute atomic E-state index is 4.55. The van der Waals surface area contributed by atoms with Gasteiger partial charge in [0.05, 0.1) is 5.69 Å². The quantitative estimate of drug-likeness (QED) is 0.732. The predicted molar refractivity (Wildman–Crippen MR) is 64.8 cm³/mol. The number of aromatic nitrogens is 3. The second-order valence-corrected chi connectivity index (χ2v) is 5.09. The van der Waals surface area contributed by atoms with Crippen LogP contribution in [0.5, 0.6) is 0 Å². The highest BCUT2D eigenvalue weighted by molar-refractivity contribution is 5.27. The van der Waals surface area contributed by atoms with E-state index in [1.165, 1.54) is 5.56 Å². The lowest BCUT2D eigenvalue weighted by atomic mass is 9.93. The van der Waals surface area contributed by atoms with Crippen molar-refractivity contribution in [2.24, 2.45) is 0 Å². The molecule has 2 aromatic heterocycles. The van der Waals surface area contributed by atoms with Crippen molar-refractivity contribution < 1.29 is 0 Å². The summed E-state index contributed by atoms with van der Waals surface area (Å²) < 4.78 is 1.83. The van der Waals surface area contributed by atoms with Crippen LogP contribution in [0.4, 0.5) is 0 Å². The van der Waals surface area contributed by atoms with Gasteiger partial charge in [-0.3, -0.25) is 0 Å². The molecule has 0 unspecified atom stereocenters. The standard InChI is InChI=1S/C13H17N3/c1-10-5-7-14-12(9-10)16-8-6-11(15-16)13(2,3)4/h5-9H,1-4H3. The summed E-state index contributed by atoms with van der Waals surface area (Å²) in [6, 6.07) is 6.06. The van der Waals surface area contributed by atoms with Crippen LogP contribution in [-0.2, 0) is 5.41 Å². The van der Waals surface area contributed by atoms with Gasteiger partial charge in [0.1, 0.15) is 0 Å². The lowest BCUT2D eigenvalue weighted by molar-refractivity contribution is 0.559. The van der Waals surface area contributed by atoms with Crippen molar-refractivity contribution in [1.29, 1.82) is 0 Å². The lowest BCUT2D eigenvalue weighted by Crippen LogP contribution is -2.12. The highest BCUT2D eigenvalue weighted by atomic mass is 15.3. The third-order valence-corrected chi connectivity index (χ3v) is 2.49. The van der Waals surface area contributed by atoms with E-state index in [2.05, 4.69) is 37.8 Å². The van der Waals surface area contributed by atoms with Crippen molar-refractivity contribution in [3.63, 3.8) is 0 Å². The second kappa shape index (κ2) is 3.74. The first kappa shape index (κ1) is 10.9. The molecule has 0 atom stereocenters. The van der Waals surface area contributed by atoms with Gasteiger partial charge in [-0.1, -0.05) is 20.8 Å². The largest absolute Gasteiger partial charge is 0.237 e. The molecule has 0 spiro atoms.